The molecule has 1 heterocycles. The van der Waals surface area contributed by atoms with Gasteiger partial charge < -0.3 is 0 Å². The van der Waals surface area contributed by atoms with E-state index in [-0.39, 0.29) is 18.2 Å². The maximum absolute atomic E-state index is 13.6. The van der Waals surface area contributed by atoms with E-state index in [1.165, 1.54) is 12.1 Å². The number of carbonyl (C=O) groups excluding carboxylic acids is 2. The van der Waals surface area contributed by atoms with Gasteiger partial charge in [0.15, 0.2) is 0 Å². The van der Waals surface area contributed by atoms with Gasteiger partial charge in [0, 0.05) is 6.42 Å². The molecule has 98 valence electrons. The van der Waals surface area contributed by atoms with Crippen LogP contribution in [-0.2, 0) is 15.0 Å². The molecule has 0 aromatic heterocycles. The Morgan fingerprint density at radius 2 is 1.75 bits per heavy atom. The molecule has 2 aromatic carbocycles. The molecule has 3 nitrogen and oxygen atoms in total. The Labute approximate surface area is 114 Å². The van der Waals surface area contributed by atoms with Crippen LogP contribution in [0.25, 0.3) is 11.1 Å². The standard InChI is InChI=1S/C16H10FNO2/c17-9-5-6-11-10-3-1-2-4-12(10)16(13(11)7-9)8-14(19)18-15(16)20/h1-7H,8H2,(H,18,19,20). The van der Waals surface area contributed by atoms with Crippen molar-refractivity contribution in [3.8, 4) is 11.1 Å². The number of halogens is 1. The highest BCUT2D eigenvalue weighted by Gasteiger charge is 2.54. The lowest BCUT2D eigenvalue weighted by Gasteiger charge is -2.22. The second-order valence-corrected chi connectivity index (χ2v) is 5.19. The van der Waals surface area contributed by atoms with Crippen LogP contribution in [0.15, 0.2) is 42.5 Å². The third-order valence-corrected chi connectivity index (χ3v) is 4.18. The van der Waals surface area contributed by atoms with Crippen LogP contribution in [0.1, 0.15) is 17.5 Å². The van der Waals surface area contributed by atoms with Crippen LogP contribution in [0.3, 0.4) is 0 Å². The number of imide groups is 1. The normalized spacial score (nSPS) is 22.9. The van der Waals surface area contributed by atoms with Gasteiger partial charge in [0.2, 0.25) is 11.8 Å². The van der Waals surface area contributed by atoms with Gasteiger partial charge >= 0.3 is 0 Å². The number of rotatable bonds is 0. The van der Waals surface area contributed by atoms with Gasteiger partial charge in [0.25, 0.3) is 0 Å². The summed E-state index contributed by atoms with van der Waals surface area (Å²) in [6.07, 6.45) is 0.0410. The Balaban J connectivity index is 2.12. The SMILES string of the molecule is O=C1CC2(C(=O)N1)c1ccccc1-c1ccc(F)cc12. The van der Waals surface area contributed by atoms with E-state index in [1.54, 1.807) is 6.07 Å². The molecule has 2 aliphatic rings. The van der Waals surface area contributed by atoms with Crippen LogP contribution in [0.5, 0.6) is 0 Å². The fourth-order valence-electron chi connectivity index (χ4n) is 3.37. The summed E-state index contributed by atoms with van der Waals surface area (Å²) < 4.78 is 13.6. The highest BCUT2D eigenvalue weighted by molar-refractivity contribution is 6.14. The quantitative estimate of drug-likeness (QED) is 0.743. The molecule has 4 heteroatoms. The van der Waals surface area contributed by atoms with Crippen molar-refractivity contribution in [2.75, 3.05) is 0 Å². The molecule has 2 amide bonds. The van der Waals surface area contributed by atoms with E-state index in [1.807, 2.05) is 24.3 Å². The first-order valence-electron chi connectivity index (χ1n) is 6.37. The Hall–Kier alpha value is -2.49. The lowest BCUT2D eigenvalue weighted by atomic mass is 9.77. The van der Waals surface area contributed by atoms with Crippen molar-refractivity contribution in [2.45, 2.75) is 11.8 Å². The van der Waals surface area contributed by atoms with Gasteiger partial charge in [-0.15, -0.1) is 0 Å². The summed E-state index contributed by atoms with van der Waals surface area (Å²) in [6.45, 7) is 0. The molecule has 0 bridgehead atoms. The van der Waals surface area contributed by atoms with Crippen LogP contribution in [0, 0.1) is 5.82 Å². The Morgan fingerprint density at radius 1 is 1.00 bits per heavy atom. The van der Waals surface area contributed by atoms with E-state index in [9.17, 15) is 14.0 Å². The van der Waals surface area contributed by atoms with Crippen LogP contribution < -0.4 is 5.32 Å². The third kappa shape index (κ3) is 1.18. The van der Waals surface area contributed by atoms with E-state index in [0.717, 1.165) is 16.7 Å². The molecular formula is C16H10FNO2. The number of benzene rings is 2. The number of fused-ring (bicyclic) bond motifs is 5. The Morgan fingerprint density at radius 3 is 2.50 bits per heavy atom. The van der Waals surface area contributed by atoms with Crippen molar-refractivity contribution < 1.29 is 14.0 Å². The molecule has 1 aliphatic carbocycles. The van der Waals surface area contributed by atoms with Gasteiger partial charge in [-0.3, -0.25) is 14.9 Å². The molecule has 1 saturated heterocycles. The number of carbonyl (C=O) groups is 2. The lowest BCUT2D eigenvalue weighted by Crippen LogP contribution is -2.35. The van der Waals surface area contributed by atoms with Gasteiger partial charge in [0.1, 0.15) is 11.2 Å². The monoisotopic (exact) mass is 267 g/mol. The average Bonchev–Trinajstić information content (AvgIpc) is 2.88. The average molecular weight is 267 g/mol. The summed E-state index contributed by atoms with van der Waals surface area (Å²) in [7, 11) is 0. The van der Waals surface area contributed by atoms with Crippen molar-refractivity contribution in [1.29, 1.82) is 0 Å². The van der Waals surface area contributed by atoms with Gasteiger partial charge in [-0.2, -0.15) is 0 Å². The fraction of sp³-hybridized carbons (Fsp3) is 0.125. The predicted octanol–water partition coefficient (Wildman–Crippen LogP) is 2.14. The first-order chi connectivity index (χ1) is 9.63. The smallest absolute Gasteiger partial charge is 0.242 e. The second kappa shape index (κ2) is 3.54. The Bertz CT molecular complexity index is 784. The first kappa shape index (κ1) is 11.3. The second-order valence-electron chi connectivity index (χ2n) is 5.19. The molecule has 1 aliphatic heterocycles. The summed E-state index contributed by atoms with van der Waals surface area (Å²) in [5.74, 6) is -1.08. The number of hydrogen-bond donors (Lipinski definition) is 1. The number of amides is 2. The van der Waals surface area contributed by atoms with Crippen molar-refractivity contribution in [3.63, 3.8) is 0 Å². The minimum absolute atomic E-state index is 0.0410. The van der Waals surface area contributed by atoms with E-state index in [0.29, 0.717) is 5.56 Å². The van der Waals surface area contributed by atoms with E-state index in [4.69, 9.17) is 0 Å². The van der Waals surface area contributed by atoms with E-state index < -0.39 is 11.2 Å². The van der Waals surface area contributed by atoms with Crippen LogP contribution >= 0.6 is 0 Å². The molecule has 1 spiro atoms. The molecule has 0 radical (unpaired) electrons. The zero-order valence-electron chi connectivity index (χ0n) is 10.4. The van der Waals surface area contributed by atoms with Crippen LogP contribution in [-0.4, -0.2) is 11.8 Å². The largest absolute Gasteiger partial charge is 0.295 e. The minimum Gasteiger partial charge on any atom is -0.295 e. The van der Waals surface area contributed by atoms with Gasteiger partial charge in [-0.1, -0.05) is 30.3 Å². The number of nitrogens with one attached hydrogen (secondary N) is 1. The lowest BCUT2D eigenvalue weighted by molar-refractivity contribution is -0.125. The molecular weight excluding hydrogens is 257 g/mol. The zero-order valence-corrected chi connectivity index (χ0v) is 10.4. The first-order valence-corrected chi connectivity index (χ1v) is 6.37. The summed E-state index contributed by atoms with van der Waals surface area (Å²) in [6, 6.07) is 11.9. The fourth-order valence-corrected chi connectivity index (χ4v) is 3.37. The summed E-state index contributed by atoms with van der Waals surface area (Å²) in [5, 5.41) is 2.35. The zero-order chi connectivity index (χ0) is 13.9. The summed E-state index contributed by atoms with van der Waals surface area (Å²) >= 11 is 0. The summed E-state index contributed by atoms with van der Waals surface area (Å²) in [5.41, 5.74) is 2.02. The van der Waals surface area contributed by atoms with Crippen molar-refractivity contribution in [1.82, 2.24) is 5.32 Å². The molecule has 0 saturated carbocycles. The maximum atomic E-state index is 13.6. The van der Waals surface area contributed by atoms with Gasteiger partial charge in [-0.05, 0) is 34.4 Å². The molecule has 1 atom stereocenters. The van der Waals surface area contributed by atoms with Crippen LogP contribution in [0.2, 0.25) is 0 Å². The van der Waals surface area contributed by atoms with E-state index in [2.05, 4.69) is 5.32 Å². The van der Waals surface area contributed by atoms with Gasteiger partial charge in [-0.25, -0.2) is 4.39 Å². The highest BCUT2D eigenvalue weighted by Crippen LogP contribution is 2.52. The topological polar surface area (TPSA) is 46.2 Å². The molecule has 1 N–H and O–H groups in total. The van der Waals surface area contributed by atoms with Crippen molar-refractivity contribution >= 4 is 11.8 Å². The van der Waals surface area contributed by atoms with Crippen molar-refractivity contribution in [3.05, 3.63) is 59.4 Å². The van der Waals surface area contributed by atoms with E-state index >= 15 is 0 Å². The molecule has 1 fully saturated rings. The molecule has 20 heavy (non-hydrogen) atoms. The van der Waals surface area contributed by atoms with Gasteiger partial charge in [0.05, 0.1) is 0 Å². The molecule has 1 unspecified atom stereocenters. The van der Waals surface area contributed by atoms with Crippen molar-refractivity contribution in [2.24, 2.45) is 0 Å². The molecule has 2 aromatic rings. The minimum atomic E-state index is -1.06. The third-order valence-electron chi connectivity index (χ3n) is 4.18. The summed E-state index contributed by atoms with van der Waals surface area (Å²) in [4.78, 5) is 24.1. The predicted molar refractivity (Wildman–Crippen MR) is 70.4 cm³/mol. The number of hydrogen-bond acceptors (Lipinski definition) is 2. The highest BCUT2D eigenvalue weighted by atomic mass is 19.1. The van der Waals surface area contributed by atoms with Crippen LogP contribution in [0.4, 0.5) is 4.39 Å². The maximum Gasteiger partial charge on any atom is 0.242 e. The Kier molecular flexibility index (Phi) is 2.01. The molecule has 4 rings (SSSR count).